The van der Waals surface area contributed by atoms with Gasteiger partial charge in [0.2, 0.25) is 5.91 Å². The van der Waals surface area contributed by atoms with Crippen LogP contribution in [0.1, 0.15) is 49.8 Å². The van der Waals surface area contributed by atoms with Gasteiger partial charge in [0.05, 0.1) is 7.11 Å². The molecule has 0 unspecified atom stereocenters. The number of esters is 1. The Morgan fingerprint density at radius 1 is 1.32 bits per heavy atom. The van der Waals surface area contributed by atoms with Gasteiger partial charge in [-0.25, -0.2) is 9.78 Å². The molecule has 0 atom stereocenters. The third kappa shape index (κ3) is 4.62. The summed E-state index contributed by atoms with van der Waals surface area (Å²) in [5.41, 5.74) is -0.0121. The third-order valence-electron chi connectivity index (χ3n) is 4.66. The zero-order valence-corrected chi connectivity index (χ0v) is 15.8. The molecule has 8 heteroatoms. The minimum atomic E-state index is -0.924. The SMILES string of the molecule is COC(=O)C1(NC(=O)CCc2c(C)nc(SC)[nH]c2=O)CCCCC1. The van der Waals surface area contributed by atoms with Crippen LogP contribution in [0.3, 0.4) is 0 Å². The van der Waals surface area contributed by atoms with Gasteiger partial charge in [-0.3, -0.25) is 9.59 Å². The molecule has 1 aromatic heterocycles. The van der Waals surface area contributed by atoms with Gasteiger partial charge in [-0.1, -0.05) is 31.0 Å². The molecule has 0 bridgehead atoms. The van der Waals surface area contributed by atoms with Crippen molar-refractivity contribution in [3.05, 3.63) is 21.6 Å². The first kappa shape index (κ1) is 19.5. The minimum absolute atomic E-state index is 0.128. The summed E-state index contributed by atoms with van der Waals surface area (Å²) >= 11 is 1.36. The molecular formula is C17H25N3O4S. The maximum absolute atomic E-state index is 12.4. The Bertz CT molecular complexity index is 696. The molecule has 0 saturated heterocycles. The monoisotopic (exact) mass is 367 g/mol. The van der Waals surface area contributed by atoms with Gasteiger partial charge >= 0.3 is 5.97 Å². The summed E-state index contributed by atoms with van der Waals surface area (Å²) in [6, 6.07) is 0. The first-order chi connectivity index (χ1) is 11.9. The first-order valence-electron chi connectivity index (χ1n) is 8.45. The van der Waals surface area contributed by atoms with Crippen molar-refractivity contribution < 1.29 is 14.3 Å². The van der Waals surface area contributed by atoms with Crippen LogP contribution in [0.2, 0.25) is 0 Å². The van der Waals surface area contributed by atoms with E-state index in [-0.39, 0.29) is 30.3 Å². The number of aromatic nitrogens is 2. The van der Waals surface area contributed by atoms with Gasteiger partial charge in [0.1, 0.15) is 5.54 Å². The first-order valence-corrected chi connectivity index (χ1v) is 9.67. The largest absolute Gasteiger partial charge is 0.467 e. The highest BCUT2D eigenvalue weighted by Crippen LogP contribution is 2.29. The van der Waals surface area contributed by atoms with E-state index in [0.29, 0.717) is 29.3 Å². The molecule has 0 aromatic carbocycles. The Balaban J connectivity index is 2.05. The number of carbonyl (C=O) groups is 2. The molecule has 1 heterocycles. The van der Waals surface area contributed by atoms with Crippen molar-refractivity contribution in [1.29, 1.82) is 0 Å². The lowest BCUT2D eigenvalue weighted by molar-refractivity contribution is -0.152. The summed E-state index contributed by atoms with van der Waals surface area (Å²) in [6.45, 7) is 1.76. The summed E-state index contributed by atoms with van der Waals surface area (Å²) in [6.07, 6.45) is 6.25. The molecule has 1 aliphatic rings. The molecule has 1 amide bonds. The number of nitrogens with one attached hydrogen (secondary N) is 2. The zero-order valence-electron chi connectivity index (χ0n) is 14.9. The number of carbonyl (C=O) groups excluding carboxylic acids is 2. The maximum atomic E-state index is 12.4. The number of thioether (sulfide) groups is 1. The molecule has 1 fully saturated rings. The van der Waals surface area contributed by atoms with Gasteiger partial charge in [-0.2, -0.15) is 0 Å². The Morgan fingerprint density at radius 2 is 2.00 bits per heavy atom. The summed E-state index contributed by atoms with van der Waals surface area (Å²) in [5.74, 6) is -0.638. The lowest BCUT2D eigenvalue weighted by Gasteiger charge is -2.35. The lowest BCUT2D eigenvalue weighted by Crippen LogP contribution is -2.56. The lowest BCUT2D eigenvalue weighted by atomic mass is 9.81. The predicted molar refractivity (Wildman–Crippen MR) is 95.7 cm³/mol. The number of hydrogen-bond acceptors (Lipinski definition) is 6. The van der Waals surface area contributed by atoms with E-state index in [4.69, 9.17) is 4.74 Å². The van der Waals surface area contributed by atoms with E-state index < -0.39 is 5.54 Å². The van der Waals surface area contributed by atoms with Crippen molar-refractivity contribution in [2.24, 2.45) is 0 Å². The molecule has 0 aliphatic heterocycles. The van der Waals surface area contributed by atoms with Crippen LogP contribution in [0.15, 0.2) is 9.95 Å². The highest BCUT2D eigenvalue weighted by atomic mass is 32.2. The summed E-state index contributed by atoms with van der Waals surface area (Å²) < 4.78 is 4.90. The minimum Gasteiger partial charge on any atom is -0.467 e. The summed E-state index contributed by atoms with van der Waals surface area (Å²) in [4.78, 5) is 43.7. The molecule has 2 rings (SSSR count). The van der Waals surface area contributed by atoms with E-state index in [1.54, 1.807) is 6.92 Å². The number of methoxy groups -OCH3 is 1. The van der Waals surface area contributed by atoms with Crippen LogP contribution in [-0.4, -0.2) is 40.7 Å². The second kappa shape index (κ2) is 8.51. The fourth-order valence-electron chi connectivity index (χ4n) is 3.27. The molecule has 1 saturated carbocycles. The van der Waals surface area contributed by atoms with Crippen molar-refractivity contribution in [3.8, 4) is 0 Å². The van der Waals surface area contributed by atoms with Gasteiger partial charge < -0.3 is 15.0 Å². The zero-order chi connectivity index (χ0) is 18.4. The highest BCUT2D eigenvalue weighted by Gasteiger charge is 2.41. The highest BCUT2D eigenvalue weighted by molar-refractivity contribution is 7.98. The number of rotatable bonds is 6. The van der Waals surface area contributed by atoms with E-state index >= 15 is 0 Å². The van der Waals surface area contributed by atoms with Crippen molar-refractivity contribution in [1.82, 2.24) is 15.3 Å². The number of aromatic amines is 1. The predicted octanol–water partition coefficient (Wildman–Crippen LogP) is 1.72. The number of ether oxygens (including phenoxy) is 1. The second-order valence-electron chi connectivity index (χ2n) is 6.32. The molecule has 138 valence electrons. The van der Waals surface area contributed by atoms with Crippen LogP contribution in [0.5, 0.6) is 0 Å². The van der Waals surface area contributed by atoms with E-state index in [2.05, 4.69) is 15.3 Å². The van der Waals surface area contributed by atoms with E-state index in [0.717, 1.165) is 19.3 Å². The number of amides is 1. The Morgan fingerprint density at radius 3 is 2.56 bits per heavy atom. The molecule has 0 spiro atoms. The number of aryl methyl sites for hydroxylation is 1. The number of H-pyrrole nitrogens is 1. The topological polar surface area (TPSA) is 101 Å². The number of hydrogen-bond donors (Lipinski definition) is 2. The van der Waals surface area contributed by atoms with Crippen molar-refractivity contribution in [2.75, 3.05) is 13.4 Å². The average molecular weight is 367 g/mol. The molecule has 2 N–H and O–H groups in total. The van der Waals surface area contributed by atoms with Crippen LogP contribution in [0.25, 0.3) is 0 Å². The van der Waals surface area contributed by atoms with E-state index in [9.17, 15) is 14.4 Å². The van der Waals surface area contributed by atoms with Gasteiger partial charge in [0.25, 0.3) is 5.56 Å². The average Bonchev–Trinajstić information content (AvgIpc) is 2.60. The third-order valence-corrected chi connectivity index (χ3v) is 5.24. The maximum Gasteiger partial charge on any atom is 0.331 e. The number of nitrogens with zero attached hydrogens (tertiary/aromatic N) is 1. The normalized spacial score (nSPS) is 16.3. The standard InChI is InChI=1S/C17H25N3O4S/c1-11-12(14(22)19-16(18-11)25-3)7-8-13(21)20-17(15(23)24-2)9-5-4-6-10-17/h4-10H2,1-3H3,(H,20,21)(H,18,19,22). The van der Waals surface area contributed by atoms with Gasteiger partial charge in [-0.15, -0.1) is 0 Å². The van der Waals surface area contributed by atoms with Gasteiger partial charge in [-0.05, 0) is 32.4 Å². The Kier molecular flexibility index (Phi) is 6.64. The fourth-order valence-corrected chi connectivity index (χ4v) is 3.70. The van der Waals surface area contributed by atoms with Crippen molar-refractivity contribution in [2.45, 2.75) is 62.6 Å². The fraction of sp³-hybridized carbons (Fsp3) is 0.647. The van der Waals surface area contributed by atoms with Gasteiger partial charge in [0.15, 0.2) is 5.16 Å². The Labute approximate surface area is 151 Å². The van der Waals surface area contributed by atoms with Crippen molar-refractivity contribution >= 4 is 23.6 Å². The second-order valence-corrected chi connectivity index (χ2v) is 7.12. The van der Waals surface area contributed by atoms with Crippen LogP contribution >= 0.6 is 11.8 Å². The van der Waals surface area contributed by atoms with Crippen LogP contribution in [-0.2, 0) is 20.7 Å². The molecule has 1 aromatic rings. The molecule has 25 heavy (non-hydrogen) atoms. The van der Waals surface area contributed by atoms with E-state index in [1.165, 1.54) is 18.9 Å². The summed E-state index contributed by atoms with van der Waals surface area (Å²) in [5, 5.41) is 3.42. The smallest absolute Gasteiger partial charge is 0.331 e. The van der Waals surface area contributed by atoms with Crippen molar-refractivity contribution in [3.63, 3.8) is 0 Å². The molecule has 7 nitrogen and oxygen atoms in total. The van der Waals surface area contributed by atoms with Crippen LogP contribution in [0, 0.1) is 6.92 Å². The van der Waals surface area contributed by atoms with Gasteiger partial charge in [0, 0.05) is 17.7 Å². The molecular weight excluding hydrogens is 342 g/mol. The summed E-state index contributed by atoms with van der Waals surface area (Å²) in [7, 11) is 1.34. The molecule has 0 radical (unpaired) electrons. The van der Waals surface area contributed by atoms with E-state index in [1.807, 2.05) is 6.26 Å². The molecule has 1 aliphatic carbocycles. The van der Waals surface area contributed by atoms with Crippen LogP contribution in [0.4, 0.5) is 0 Å². The Hall–Kier alpha value is -1.83. The van der Waals surface area contributed by atoms with Crippen LogP contribution < -0.4 is 10.9 Å². The quantitative estimate of drug-likeness (QED) is 0.451.